The Balaban J connectivity index is 1.38. The van der Waals surface area contributed by atoms with Gasteiger partial charge in [-0.2, -0.15) is 0 Å². The fourth-order valence-electron chi connectivity index (χ4n) is 4.54. The maximum absolute atomic E-state index is 12.6. The van der Waals surface area contributed by atoms with Crippen molar-refractivity contribution >= 4 is 17.5 Å². The SMILES string of the molecule is O=C(CC1C(=O)Nc2ccccc21)N[C@@H]1CCC[C@@H]1N1CCC(O)C1. The summed E-state index contributed by atoms with van der Waals surface area (Å²) in [6.45, 7) is 1.60. The third-order valence-electron chi connectivity index (χ3n) is 5.79. The average molecular weight is 343 g/mol. The Morgan fingerprint density at radius 2 is 2.12 bits per heavy atom. The van der Waals surface area contributed by atoms with Crippen molar-refractivity contribution in [1.82, 2.24) is 10.2 Å². The average Bonchev–Trinajstić information content (AvgIpc) is 3.28. The van der Waals surface area contributed by atoms with Crippen LogP contribution in [0.25, 0.3) is 0 Å². The van der Waals surface area contributed by atoms with Gasteiger partial charge in [-0.3, -0.25) is 14.5 Å². The molecule has 25 heavy (non-hydrogen) atoms. The fourth-order valence-corrected chi connectivity index (χ4v) is 4.54. The molecule has 3 aliphatic rings. The molecule has 1 saturated heterocycles. The molecule has 2 fully saturated rings. The minimum Gasteiger partial charge on any atom is -0.392 e. The van der Waals surface area contributed by atoms with Crippen LogP contribution in [0.2, 0.25) is 0 Å². The van der Waals surface area contributed by atoms with Crippen LogP contribution < -0.4 is 10.6 Å². The maximum atomic E-state index is 12.6. The summed E-state index contributed by atoms with van der Waals surface area (Å²) in [6.07, 6.45) is 3.89. The third kappa shape index (κ3) is 3.28. The van der Waals surface area contributed by atoms with E-state index in [0.29, 0.717) is 12.6 Å². The van der Waals surface area contributed by atoms with Gasteiger partial charge in [-0.1, -0.05) is 18.2 Å². The molecule has 0 spiro atoms. The monoisotopic (exact) mass is 343 g/mol. The number of β-amino-alcohol motifs (C(OH)–C–C–N with tert-alkyl or cyclic N) is 1. The second kappa shape index (κ2) is 6.77. The van der Waals surface area contributed by atoms with E-state index in [-0.39, 0.29) is 30.4 Å². The zero-order valence-corrected chi connectivity index (χ0v) is 14.3. The third-order valence-corrected chi connectivity index (χ3v) is 5.79. The van der Waals surface area contributed by atoms with E-state index < -0.39 is 5.92 Å². The first-order valence-corrected chi connectivity index (χ1v) is 9.23. The number of rotatable bonds is 4. The predicted octanol–water partition coefficient (Wildman–Crippen LogP) is 1.22. The number of benzene rings is 1. The molecule has 1 saturated carbocycles. The summed E-state index contributed by atoms with van der Waals surface area (Å²) in [4.78, 5) is 27.1. The number of carbonyl (C=O) groups excluding carboxylic acids is 2. The summed E-state index contributed by atoms with van der Waals surface area (Å²) >= 11 is 0. The van der Waals surface area contributed by atoms with Crippen LogP contribution in [0.1, 0.15) is 43.6 Å². The molecule has 2 unspecified atom stereocenters. The van der Waals surface area contributed by atoms with Crippen LogP contribution in [0.4, 0.5) is 5.69 Å². The van der Waals surface area contributed by atoms with E-state index in [1.165, 1.54) is 0 Å². The molecule has 1 aliphatic carbocycles. The first-order valence-electron chi connectivity index (χ1n) is 9.23. The maximum Gasteiger partial charge on any atom is 0.232 e. The van der Waals surface area contributed by atoms with Gasteiger partial charge in [0.05, 0.1) is 12.0 Å². The van der Waals surface area contributed by atoms with E-state index in [4.69, 9.17) is 0 Å². The van der Waals surface area contributed by atoms with Crippen LogP contribution in [0.15, 0.2) is 24.3 Å². The molecule has 6 nitrogen and oxygen atoms in total. The Hall–Kier alpha value is -1.92. The Labute approximate surface area is 147 Å². The quantitative estimate of drug-likeness (QED) is 0.768. The number of para-hydroxylation sites is 1. The van der Waals surface area contributed by atoms with Crippen molar-refractivity contribution in [2.24, 2.45) is 0 Å². The number of nitrogens with zero attached hydrogens (tertiary/aromatic N) is 1. The van der Waals surface area contributed by atoms with E-state index in [1.54, 1.807) is 0 Å². The number of nitrogens with one attached hydrogen (secondary N) is 2. The molecule has 1 aromatic carbocycles. The molecule has 1 aromatic rings. The molecule has 2 heterocycles. The lowest BCUT2D eigenvalue weighted by molar-refractivity contribution is -0.125. The molecule has 0 radical (unpaired) electrons. The molecule has 6 heteroatoms. The largest absolute Gasteiger partial charge is 0.392 e. The first-order chi connectivity index (χ1) is 12.1. The van der Waals surface area contributed by atoms with Crippen molar-refractivity contribution in [3.63, 3.8) is 0 Å². The Bertz CT molecular complexity index is 678. The summed E-state index contributed by atoms with van der Waals surface area (Å²) in [5.74, 6) is -0.555. The molecule has 4 atom stereocenters. The van der Waals surface area contributed by atoms with Crippen molar-refractivity contribution in [3.05, 3.63) is 29.8 Å². The van der Waals surface area contributed by atoms with Gasteiger partial charge in [0.15, 0.2) is 0 Å². The molecule has 0 aromatic heterocycles. The van der Waals surface area contributed by atoms with Crippen molar-refractivity contribution < 1.29 is 14.7 Å². The summed E-state index contributed by atoms with van der Waals surface area (Å²) in [5, 5.41) is 15.8. The van der Waals surface area contributed by atoms with E-state index in [0.717, 1.165) is 43.5 Å². The minimum atomic E-state index is -0.398. The highest BCUT2D eigenvalue weighted by molar-refractivity contribution is 6.04. The number of hydrogen-bond acceptors (Lipinski definition) is 4. The first kappa shape index (κ1) is 16.5. The predicted molar refractivity (Wildman–Crippen MR) is 94.2 cm³/mol. The number of carbonyl (C=O) groups is 2. The Morgan fingerprint density at radius 1 is 1.28 bits per heavy atom. The lowest BCUT2D eigenvalue weighted by Crippen LogP contribution is -2.48. The normalized spacial score (nSPS) is 31.8. The molecular formula is C19H25N3O3. The Kier molecular flexibility index (Phi) is 4.48. The zero-order valence-electron chi connectivity index (χ0n) is 14.3. The topological polar surface area (TPSA) is 81.7 Å². The van der Waals surface area contributed by atoms with Gasteiger partial charge < -0.3 is 15.7 Å². The van der Waals surface area contributed by atoms with Gasteiger partial charge in [0.25, 0.3) is 0 Å². The van der Waals surface area contributed by atoms with Gasteiger partial charge >= 0.3 is 0 Å². The highest BCUT2D eigenvalue weighted by Crippen LogP contribution is 2.34. The van der Waals surface area contributed by atoms with Gasteiger partial charge in [-0.25, -0.2) is 0 Å². The molecule has 0 bridgehead atoms. The van der Waals surface area contributed by atoms with Gasteiger partial charge in [-0.15, -0.1) is 0 Å². The Morgan fingerprint density at radius 3 is 2.92 bits per heavy atom. The van der Waals surface area contributed by atoms with Crippen LogP contribution in [-0.2, 0) is 9.59 Å². The number of amides is 2. The minimum absolute atomic E-state index is 0.0616. The van der Waals surface area contributed by atoms with E-state index >= 15 is 0 Å². The summed E-state index contributed by atoms with van der Waals surface area (Å²) in [5.41, 5.74) is 1.73. The number of aliphatic hydroxyl groups is 1. The molecule has 4 rings (SSSR count). The number of hydrogen-bond donors (Lipinski definition) is 3. The van der Waals surface area contributed by atoms with Crippen LogP contribution in [-0.4, -0.2) is 53.1 Å². The molecule has 3 N–H and O–H groups in total. The van der Waals surface area contributed by atoms with Crippen LogP contribution >= 0.6 is 0 Å². The smallest absolute Gasteiger partial charge is 0.232 e. The second-order valence-electron chi connectivity index (χ2n) is 7.44. The number of anilines is 1. The van der Waals surface area contributed by atoms with Gasteiger partial charge in [0, 0.05) is 37.3 Å². The number of aliphatic hydroxyl groups excluding tert-OH is 1. The van der Waals surface area contributed by atoms with Crippen molar-refractivity contribution in [2.45, 2.75) is 56.2 Å². The van der Waals surface area contributed by atoms with Gasteiger partial charge in [-0.05, 0) is 37.3 Å². The highest BCUT2D eigenvalue weighted by Gasteiger charge is 2.37. The van der Waals surface area contributed by atoms with Crippen LogP contribution in [0.3, 0.4) is 0 Å². The molecule has 2 amide bonds. The fraction of sp³-hybridized carbons (Fsp3) is 0.579. The second-order valence-corrected chi connectivity index (χ2v) is 7.44. The number of likely N-dealkylation sites (tertiary alicyclic amines) is 1. The van der Waals surface area contributed by atoms with E-state index in [2.05, 4.69) is 15.5 Å². The van der Waals surface area contributed by atoms with Crippen molar-refractivity contribution in [2.75, 3.05) is 18.4 Å². The lowest BCUT2D eigenvalue weighted by atomic mass is 9.96. The highest BCUT2D eigenvalue weighted by atomic mass is 16.3. The van der Waals surface area contributed by atoms with Gasteiger partial charge in [0.2, 0.25) is 11.8 Å². The van der Waals surface area contributed by atoms with Crippen LogP contribution in [0, 0.1) is 0 Å². The van der Waals surface area contributed by atoms with Gasteiger partial charge in [0.1, 0.15) is 0 Å². The lowest BCUT2D eigenvalue weighted by Gasteiger charge is -2.30. The van der Waals surface area contributed by atoms with Crippen LogP contribution in [0.5, 0.6) is 0 Å². The van der Waals surface area contributed by atoms with Crippen molar-refractivity contribution in [1.29, 1.82) is 0 Å². The van der Waals surface area contributed by atoms with E-state index in [1.807, 2.05) is 24.3 Å². The summed E-state index contributed by atoms with van der Waals surface area (Å²) < 4.78 is 0. The molecular weight excluding hydrogens is 318 g/mol. The van der Waals surface area contributed by atoms with Crippen molar-refractivity contribution in [3.8, 4) is 0 Å². The molecule has 134 valence electrons. The number of fused-ring (bicyclic) bond motifs is 1. The standard InChI is InChI=1S/C19H25N3O3/c23-12-8-9-22(11-12)17-7-3-6-16(17)20-18(24)10-14-13-4-1-2-5-15(13)21-19(14)25/h1-2,4-5,12,14,16-17,23H,3,6-11H2,(H,20,24)(H,21,25)/t12?,14?,16-,17+/m1/s1. The van der Waals surface area contributed by atoms with E-state index in [9.17, 15) is 14.7 Å². The summed E-state index contributed by atoms with van der Waals surface area (Å²) in [6, 6.07) is 8.00. The zero-order chi connectivity index (χ0) is 17.4. The summed E-state index contributed by atoms with van der Waals surface area (Å²) in [7, 11) is 0. The molecule has 2 aliphatic heterocycles.